The quantitative estimate of drug-likeness (QED) is 0.586. The molecule has 0 bridgehead atoms. The van der Waals surface area contributed by atoms with Gasteiger partial charge in [-0.25, -0.2) is 8.42 Å². The first-order valence-electron chi connectivity index (χ1n) is 8.31. The van der Waals surface area contributed by atoms with Gasteiger partial charge in [0, 0.05) is 24.4 Å². The maximum atomic E-state index is 11.6. The number of nitrogens with one attached hydrogen (secondary N) is 1. The summed E-state index contributed by atoms with van der Waals surface area (Å²) < 4.78 is 29.2. The van der Waals surface area contributed by atoms with Gasteiger partial charge >= 0.3 is 0 Å². The molecule has 1 saturated carbocycles. The second-order valence-corrected chi connectivity index (χ2v) is 8.36. The highest BCUT2D eigenvalue weighted by Crippen LogP contribution is 2.30. The SMILES string of the molecule is CS(=O)(=O)c1ccc(NCc2ccccc2OC2CCC2)c([N+](=O)[O-])c1. The summed E-state index contributed by atoms with van der Waals surface area (Å²) in [6, 6.07) is 11.4. The Balaban J connectivity index is 1.80. The smallest absolute Gasteiger partial charge is 0.293 e. The largest absolute Gasteiger partial charge is 0.490 e. The summed E-state index contributed by atoms with van der Waals surface area (Å²) in [5, 5.41) is 14.3. The van der Waals surface area contributed by atoms with Gasteiger partial charge in [-0.3, -0.25) is 10.1 Å². The van der Waals surface area contributed by atoms with E-state index in [1.54, 1.807) is 0 Å². The van der Waals surface area contributed by atoms with E-state index >= 15 is 0 Å². The molecule has 3 rings (SSSR count). The van der Waals surface area contributed by atoms with E-state index in [4.69, 9.17) is 4.74 Å². The van der Waals surface area contributed by atoms with Gasteiger partial charge in [0.2, 0.25) is 0 Å². The Morgan fingerprint density at radius 2 is 1.96 bits per heavy atom. The standard InChI is InChI=1S/C18H20N2O5S/c1-26(23,24)15-9-10-16(17(11-15)20(21)22)19-12-13-5-2-3-8-18(13)25-14-6-4-7-14/h2-3,5,8-11,14,19H,4,6-7,12H2,1H3. The highest BCUT2D eigenvalue weighted by molar-refractivity contribution is 7.90. The summed E-state index contributed by atoms with van der Waals surface area (Å²) in [7, 11) is -3.51. The van der Waals surface area contributed by atoms with E-state index < -0.39 is 14.8 Å². The van der Waals surface area contributed by atoms with E-state index in [0.717, 1.165) is 36.5 Å². The minimum atomic E-state index is -3.51. The molecular weight excluding hydrogens is 356 g/mol. The number of hydrogen-bond donors (Lipinski definition) is 1. The van der Waals surface area contributed by atoms with Gasteiger partial charge in [0.05, 0.1) is 15.9 Å². The third kappa shape index (κ3) is 4.13. The minimum Gasteiger partial charge on any atom is -0.490 e. The number of nitro benzene ring substituents is 1. The normalized spacial score (nSPS) is 14.5. The molecule has 0 radical (unpaired) electrons. The summed E-state index contributed by atoms with van der Waals surface area (Å²) in [6.45, 7) is 0.335. The van der Waals surface area contributed by atoms with Crippen LogP contribution in [0, 0.1) is 10.1 Å². The van der Waals surface area contributed by atoms with Gasteiger partial charge in [0.15, 0.2) is 9.84 Å². The van der Waals surface area contributed by atoms with Crippen LogP contribution in [0.2, 0.25) is 0 Å². The summed E-state index contributed by atoms with van der Waals surface area (Å²) >= 11 is 0. The Morgan fingerprint density at radius 1 is 1.23 bits per heavy atom. The van der Waals surface area contributed by atoms with Crippen LogP contribution in [-0.4, -0.2) is 25.7 Å². The molecular formula is C18H20N2O5S. The molecule has 0 aromatic heterocycles. The second kappa shape index (κ2) is 7.33. The molecule has 7 nitrogen and oxygen atoms in total. The van der Waals surface area contributed by atoms with Crippen LogP contribution in [0.25, 0.3) is 0 Å². The van der Waals surface area contributed by atoms with Crippen molar-refractivity contribution < 1.29 is 18.1 Å². The molecule has 8 heteroatoms. The number of para-hydroxylation sites is 1. The molecule has 1 fully saturated rings. The maximum Gasteiger partial charge on any atom is 0.293 e. The second-order valence-electron chi connectivity index (χ2n) is 6.34. The fourth-order valence-corrected chi connectivity index (χ4v) is 3.31. The number of nitrogens with zero attached hydrogens (tertiary/aromatic N) is 1. The number of sulfone groups is 1. The van der Waals surface area contributed by atoms with Crippen molar-refractivity contribution in [3.05, 3.63) is 58.1 Å². The third-order valence-electron chi connectivity index (χ3n) is 4.38. The monoisotopic (exact) mass is 376 g/mol. The van der Waals surface area contributed by atoms with Crippen molar-refractivity contribution in [1.29, 1.82) is 0 Å². The Bertz CT molecular complexity index is 923. The molecule has 1 aliphatic rings. The van der Waals surface area contributed by atoms with Gasteiger partial charge in [-0.05, 0) is 37.5 Å². The highest BCUT2D eigenvalue weighted by Gasteiger charge is 2.21. The average Bonchev–Trinajstić information content (AvgIpc) is 2.56. The van der Waals surface area contributed by atoms with Crippen LogP contribution in [0.1, 0.15) is 24.8 Å². The molecule has 1 aliphatic carbocycles. The number of hydrogen-bond acceptors (Lipinski definition) is 6. The molecule has 1 N–H and O–H groups in total. The van der Waals surface area contributed by atoms with Crippen LogP contribution in [0.5, 0.6) is 5.75 Å². The Morgan fingerprint density at radius 3 is 2.58 bits per heavy atom. The van der Waals surface area contributed by atoms with Crippen LogP contribution < -0.4 is 10.1 Å². The zero-order chi connectivity index (χ0) is 18.7. The molecule has 0 amide bonds. The fraction of sp³-hybridized carbons (Fsp3) is 0.333. The van der Waals surface area contributed by atoms with Crippen molar-refractivity contribution in [2.24, 2.45) is 0 Å². The molecule has 0 saturated heterocycles. The summed E-state index contributed by atoms with van der Waals surface area (Å²) in [6.07, 6.45) is 4.51. The average molecular weight is 376 g/mol. The predicted molar refractivity (Wildman–Crippen MR) is 98.2 cm³/mol. The zero-order valence-corrected chi connectivity index (χ0v) is 15.2. The lowest BCUT2D eigenvalue weighted by atomic mass is 9.96. The number of rotatable bonds is 7. The van der Waals surface area contributed by atoms with Gasteiger partial charge in [-0.1, -0.05) is 18.2 Å². The number of ether oxygens (including phenoxy) is 1. The lowest BCUT2D eigenvalue weighted by molar-refractivity contribution is -0.384. The van der Waals surface area contributed by atoms with Crippen LogP contribution >= 0.6 is 0 Å². The first kappa shape index (κ1) is 18.2. The number of nitro groups is 1. The van der Waals surface area contributed by atoms with Gasteiger partial charge in [-0.15, -0.1) is 0 Å². The van der Waals surface area contributed by atoms with Crippen molar-refractivity contribution >= 4 is 21.2 Å². The van der Waals surface area contributed by atoms with Crippen LogP contribution in [0.4, 0.5) is 11.4 Å². The molecule has 0 spiro atoms. The van der Waals surface area contributed by atoms with E-state index in [1.165, 1.54) is 18.6 Å². The molecule has 26 heavy (non-hydrogen) atoms. The topological polar surface area (TPSA) is 98.5 Å². The fourth-order valence-electron chi connectivity index (χ4n) is 2.67. The summed E-state index contributed by atoms with van der Waals surface area (Å²) in [5.41, 5.74) is 0.882. The summed E-state index contributed by atoms with van der Waals surface area (Å²) in [4.78, 5) is 10.6. The lowest BCUT2D eigenvalue weighted by Crippen LogP contribution is -2.25. The summed E-state index contributed by atoms with van der Waals surface area (Å²) in [5.74, 6) is 0.764. The Hall–Kier alpha value is -2.61. The Labute approximate surface area is 152 Å². The van der Waals surface area contributed by atoms with Crippen molar-refractivity contribution in [3.63, 3.8) is 0 Å². The minimum absolute atomic E-state index is 0.0801. The first-order valence-corrected chi connectivity index (χ1v) is 10.2. The van der Waals surface area contributed by atoms with Gasteiger partial charge in [0.1, 0.15) is 11.4 Å². The number of benzene rings is 2. The molecule has 0 unspecified atom stereocenters. The lowest BCUT2D eigenvalue weighted by Gasteiger charge is -2.27. The van der Waals surface area contributed by atoms with Crippen LogP contribution in [0.3, 0.4) is 0 Å². The Kier molecular flexibility index (Phi) is 5.13. The van der Waals surface area contributed by atoms with E-state index in [0.29, 0.717) is 6.54 Å². The molecule has 0 atom stereocenters. The van der Waals surface area contributed by atoms with E-state index in [9.17, 15) is 18.5 Å². The van der Waals surface area contributed by atoms with Crippen molar-refractivity contribution in [2.75, 3.05) is 11.6 Å². The molecule has 2 aromatic rings. The van der Waals surface area contributed by atoms with Crippen molar-refractivity contribution in [3.8, 4) is 5.75 Å². The molecule has 2 aromatic carbocycles. The predicted octanol–water partition coefficient (Wildman–Crippen LogP) is 3.54. The van der Waals surface area contributed by atoms with Crippen molar-refractivity contribution in [2.45, 2.75) is 36.8 Å². The van der Waals surface area contributed by atoms with Gasteiger partial charge in [0.25, 0.3) is 5.69 Å². The molecule has 0 heterocycles. The van der Waals surface area contributed by atoms with E-state index in [2.05, 4.69) is 5.32 Å². The van der Waals surface area contributed by atoms with Gasteiger partial charge in [-0.2, -0.15) is 0 Å². The first-order chi connectivity index (χ1) is 12.3. The van der Waals surface area contributed by atoms with E-state index in [1.807, 2.05) is 24.3 Å². The molecule has 0 aliphatic heterocycles. The number of anilines is 1. The zero-order valence-electron chi connectivity index (χ0n) is 14.3. The highest BCUT2D eigenvalue weighted by atomic mass is 32.2. The van der Waals surface area contributed by atoms with Crippen LogP contribution in [-0.2, 0) is 16.4 Å². The third-order valence-corrected chi connectivity index (χ3v) is 5.49. The van der Waals surface area contributed by atoms with Crippen LogP contribution in [0.15, 0.2) is 47.4 Å². The van der Waals surface area contributed by atoms with Crippen molar-refractivity contribution in [1.82, 2.24) is 0 Å². The van der Waals surface area contributed by atoms with E-state index in [-0.39, 0.29) is 22.4 Å². The maximum absolute atomic E-state index is 11.6. The van der Waals surface area contributed by atoms with Gasteiger partial charge < -0.3 is 10.1 Å². The molecule has 138 valence electrons.